The van der Waals surface area contributed by atoms with Crippen molar-refractivity contribution < 1.29 is 14.0 Å². The number of hydrogen-bond acceptors (Lipinski definition) is 3. The maximum absolute atomic E-state index is 6.14. The average molecular weight is 290 g/mol. The maximum atomic E-state index is 6.14. The Kier molecular flexibility index (Phi) is 5.13. The number of rotatable bonds is 6. The van der Waals surface area contributed by atoms with Crippen LogP contribution >= 0.6 is 0 Å². The normalized spacial score (nSPS) is 20.0. The summed E-state index contributed by atoms with van der Waals surface area (Å²) in [6.45, 7) is 11.9. The summed E-state index contributed by atoms with van der Waals surface area (Å²) < 4.78 is 18.0. The Morgan fingerprint density at radius 2 is 1.67 bits per heavy atom. The van der Waals surface area contributed by atoms with Crippen LogP contribution in [-0.4, -0.2) is 24.9 Å². The molecule has 1 saturated heterocycles. The molecule has 0 N–H and O–H groups in total. The van der Waals surface area contributed by atoms with Gasteiger partial charge in [0.2, 0.25) is 0 Å². The van der Waals surface area contributed by atoms with Crippen LogP contribution in [0.1, 0.15) is 53.0 Å². The van der Waals surface area contributed by atoms with Crippen LogP contribution in [0.15, 0.2) is 24.3 Å². The zero-order chi connectivity index (χ0) is 15.5. The lowest BCUT2D eigenvalue weighted by Gasteiger charge is -2.32. The molecule has 4 heteroatoms. The standard InChI is InChI=1S/C17H27BO3/c1-6-7-12-19-13-14-10-8-9-11-15(14)18-20-16(2,3)17(4,5)21-18/h8-11H,6-7,12-13H2,1-5H3. The number of ether oxygens (including phenoxy) is 1. The molecule has 21 heavy (non-hydrogen) atoms. The fourth-order valence-electron chi connectivity index (χ4n) is 2.29. The van der Waals surface area contributed by atoms with Crippen LogP contribution in [0.25, 0.3) is 0 Å². The highest BCUT2D eigenvalue weighted by Gasteiger charge is 2.52. The molecule has 1 aliphatic rings. The van der Waals surface area contributed by atoms with Gasteiger partial charge in [-0.25, -0.2) is 0 Å². The molecule has 0 aromatic heterocycles. The van der Waals surface area contributed by atoms with E-state index < -0.39 is 0 Å². The summed E-state index contributed by atoms with van der Waals surface area (Å²) in [5.41, 5.74) is 1.60. The van der Waals surface area contributed by atoms with Gasteiger partial charge < -0.3 is 14.0 Å². The van der Waals surface area contributed by atoms with Crippen molar-refractivity contribution in [2.45, 2.75) is 65.3 Å². The summed E-state index contributed by atoms with van der Waals surface area (Å²) in [6.07, 6.45) is 2.25. The highest BCUT2D eigenvalue weighted by atomic mass is 16.7. The zero-order valence-corrected chi connectivity index (χ0v) is 13.9. The van der Waals surface area contributed by atoms with Gasteiger partial charge in [-0.3, -0.25) is 0 Å². The lowest BCUT2D eigenvalue weighted by molar-refractivity contribution is 0.00578. The second-order valence-electron chi connectivity index (χ2n) is 6.69. The summed E-state index contributed by atoms with van der Waals surface area (Å²) in [4.78, 5) is 0. The van der Waals surface area contributed by atoms with Gasteiger partial charge in [-0.1, -0.05) is 37.6 Å². The van der Waals surface area contributed by atoms with Crippen molar-refractivity contribution in [3.8, 4) is 0 Å². The van der Waals surface area contributed by atoms with Gasteiger partial charge in [0.15, 0.2) is 0 Å². The van der Waals surface area contributed by atoms with Gasteiger partial charge in [-0.05, 0) is 45.1 Å². The van der Waals surface area contributed by atoms with Crippen molar-refractivity contribution in [1.82, 2.24) is 0 Å². The fraction of sp³-hybridized carbons (Fsp3) is 0.647. The maximum Gasteiger partial charge on any atom is 0.495 e. The Labute approximate surface area is 129 Å². The van der Waals surface area contributed by atoms with Crippen LogP contribution in [0.4, 0.5) is 0 Å². The van der Waals surface area contributed by atoms with Gasteiger partial charge >= 0.3 is 7.12 Å². The second-order valence-corrected chi connectivity index (χ2v) is 6.69. The van der Waals surface area contributed by atoms with Crippen molar-refractivity contribution >= 4 is 12.6 Å². The van der Waals surface area contributed by atoms with Gasteiger partial charge in [0.25, 0.3) is 0 Å². The Bertz CT molecular complexity index is 455. The molecule has 1 aromatic carbocycles. The van der Waals surface area contributed by atoms with Crippen molar-refractivity contribution in [3.63, 3.8) is 0 Å². The van der Waals surface area contributed by atoms with Crippen molar-refractivity contribution in [2.75, 3.05) is 6.61 Å². The molecule has 1 heterocycles. The van der Waals surface area contributed by atoms with E-state index in [2.05, 4.69) is 46.8 Å². The van der Waals surface area contributed by atoms with Gasteiger partial charge in [0.1, 0.15) is 0 Å². The molecule has 0 radical (unpaired) electrons. The van der Waals surface area contributed by atoms with Crippen LogP contribution in [0.5, 0.6) is 0 Å². The molecule has 1 fully saturated rings. The van der Waals surface area contributed by atoms with Gasteiger partial charge in [0, 0.05) is 6.61 Å². The highest BCUT2D eigenvalue weighted by Crippen LogP contribution is 2.36. The monoisotopic (exact) mass is 290 g/mol. The average Bonchev–Trinajstić information content (AvgIpc) is 2.64. The van der Waals surface area contributed by atoms with Crippen molar-refractivity contribution in [3.05, 3.63) is 29.8 Å². The highest BCUT2D eigenvalue weighted by molar-refractivity contribution is 6.62. The first-order valence-electron chi connectivity index (χ1n) is 7.88. The predicted molar refractivity (Wildman–Crippen MR) is 86.7 cm³/mol. The quantitative estimate of drug-likeness (QED) is 0.594. The van der Waals surface area contributed by atoms with Crippen LogP contribution in [0, 0.1) is 0 Å². The molecule has 0 unspecified atom stereocenters. The first-order chi connectivity index (χ1) is 9.87. The largest absolute Gasteiger partial charge is 0.495 e. The van der Waals surface area contributed by atoms with Crippen LogP contribution in [0.3, 0.4) is 0 Å². The number of hydrogen-bond donors (Lipinski definition) is 0. The zero-order valence-electron chi connectivity index (χ0n) is 13.9. The van der Waals surface area contributed by atoms with E-state index in [1.807, 2.05) is 12.1 Å². The van der Waals surface area contributed by atoms with E-state index in [1.165, 1.54) is 0 Å². The lowest BCUT2D eigenvalue weighted by atomic mass is 9.76. The van der Waals surface area contributed by atoms with E-state index in [4.69, 9.17) is 14.0 Å². The molecule has 3 nitrogen and oxygen atoms in total. The third-order valence-electron chi connectivity index (χ3n) is 4.46. The Hall–Kier alpha value is -0.835. The number of unbranched alkanes of at least 4 members (excludes halogenated alkanes) is 1. The van der Waals surface area contributed by atoms with Gasteiger partial charge in [0.05, 0.1) is 17.8 Å². The van der Waals surface area contributed by atoms with Gasteiger partial charge in [-0.2, -0.15) is 0 Å². The van der Waals surface area contributed by atoms with Crippen molar-refractivity contribution in [2.24, 2.45) is 0 Å². The number of benzene rings is 1. The molecule has 1 aromatic rings. The minimum Gasteiger partial charge on any atom is -0.399 e. The van der Waals surface area contributed by atoms with E-state index in [0.717, 1.165) is 30.5 Å². The molecule has 0 atom stereocenters. The summed E-state index contributed by atoms with van der Waals surface area (Å²) in [5, 5.41) is 0. The first kappa shape index (κ1) is 16.5. The van der Waals surface area contributed by atoms with E-state index in [1.54, 1.807) is 0 Å². The van der Waals surface area contributed by atoms with E-state index in [0.29, 0.717) is 6.61 Å². The first-order valence-corrected chi connectivity index (χ1v) is 7.88. The fourth-order valence-corrected chi connectivity index (χ4v) is 2.29. The molecule has 0 bridgehead atoms. The van der Waals surface area contributed by atoms with Crippen LogP contribution in [0.2, 0.25) is 0 Å². The molecule has 0 saturated carbocycles. The molecule has 0 spiro atoms. The minimum atomic E-state index is -0.319. The molecule has 0 aliphatic carbocycles. The third kappa shape index (κ3) is 3.68. The van der Waals surface area contributed by atoms with E-state index in [9.17, 15) is 0 Å². The molecular formula is C17H27BO3. The van der Waals surface area contributed by atoms with Crippen molar-refractivity contribution in [1.29, 1.82) is 0 Å². The molecule has 116 valence electrons. The third-order valence-corrected chi connectivity index (χ3v) is 4.46. The SMILES string of the molecule is CCCCOCc1ccccc1B1OC(C)(C)C(C)(C)O1. The van der Waals surface area contributed by atoms with Crippen LogP contribution in [-0.2, 0) is 20.7 Å². The second kappa shape index (κ2) is 6.51. The molecule has 2 rings (SSSR count). The van der Waals surface area contributed by atoms with Gasteiger partial charge in [-0.15, -0.1) is 0 Å². The molecule has 1 aliphatic heterocycles. The topological polar surface area (TPSA) is 27.7 Å². The Morgan fingerprint density at radius 1 is 1.05 bits per heavy atom. The summed E-state index contributed by atoms with van der Waals surface area (Å²) in [7, 11) is -0.319. The Morgan fingerprint density at radius 3 is 2.29 bits per heavy atom. The molecular weight excluding hydrogens is 263 g/mol. The smallest absolute Gasteiger partial charge is 0.399 e. The summed E-state index contributed by atoms with van der Waals surface area (Å²) >= 11 is 0. The van der Waals surface area contributed by atoms with Crippen LogP contribution < -0.4 is 5.46 Å². The lowest BCUT2D eigenvalue weighted by Crippen LogP contribution is -2.41. The summed E-state index contributed by atoms with van der Waals surface area (Å²) in [5.74, 6) is 0. The van der Waals surface area contributed by atoms with E-state index >= 15 is 0 Å². The van der Waals surface area contributed by atoms with E-state index in [-0.39, 0.29) is 18.3 Å². The summed E-state index contributed by atoms with van der Waals surface area (Å²) in [6, 6.07) is 8.22. The minimum absolute atomic E-state index is 0.312. The molecule has 0 amide bonds. The Balaban J connectivity index is 2.10. The predicted octanol–water partition coefficient (Wildman–Crippen LogP) is 3.30.